The zero-order valence-electron chi connectivity index (χ0n) is 44.8. The quantitative estimate of drug-likeness (QED) is 0.0300. The van der Waals surface area contributed by atoms with Crippen LogP contribution in [0.25, 0.3) is 11.3 Å². The number of ether oxygens (including phenoxy) is 6. The summed E-state index contributed by atoms with van der Waals surface area (Å²) in [5.41, 5.74) is 5.74. The topological polar surface area (TPSA) is 251 Å². The van der Waals surface area contributed by atoms with Gasteiger partial charge in [-0.3, -0.25) is 9.59 Å². The summed E-state index contributed by atoms with van der Waals surface area (Å²) >= 11 is 6.43. The van der Waals surface area contributed by atoms with Crippen LogP contribution < -0.4 is 38.9 Å². The lowest BCUT2D eigenvalue weighted by atomic mass is 9.88. The molecule has 2 aliphatic heterocycles. The van der Waals surface area contributed by atoms with Gasteiger partial charge < -0.3 is 54.6 Å². The molecular formula is C56H70ClFN4O13S. The number of methoxy groups -OCH3 is 2. The van der Waals surface area contributed by atoms with Crippen LogP contribution in [0.2, 0.25) is 5.15 Å². The maximum atomic E-state index is 13.6. The van der Waals surface area contributed by atoms with Gasteiger partial charge in [0, 0.05) is 40.7 Å². The molecule has 0 saturated heterocycles. The molecular weight excluding hydrogens is 1020 g/mol. The first-order valence-electron chi connectivity index (χ1n) is 24.7. The van der Waals surface area contributed by atoms with Crippen molar-refractivity contribution in [2.45, 2.75) is 127 Å². The molecule has 0 saturated carbocycles. The van der Waals surface area contributed by atoms with Gasteiger partial charge in [-0.2, -0.15) is 0 Å². The van der Waals surface area contributed by atoms with E-state index in [2.05, 4.69) is 14.7 Å². The largest absolute Gasteiger partial charge is 0.493 e. The summed E-state index contributed by atoms with van der Waals surface area (Å²) in [6.45, 7) is 16.3. The number of hydrogen-bond acceptors (Lipinski definition) is 16. The van der Waals surface area contributed by atoms with Crippen LogP contribution >= 0.6 is 11.6 Å². The second kappa shape index (κ2) is 23.9. The molecule has 0 bridgehead atoms. The SMILES string of the molecule is COc1cc(C(=O)CCC(C)(O)c2cc3c(c(-c4ccc(F)cc4)n2)OCC3(C)N)ccc1OC[C@@H](C)O.COc1cc(C(=O)CCC(C)(O)c2cc3c(c(Cl)n2)OCC3(C)NS(=O)C(C)(C)C)ccc1OC[C@@H](C)O. The second-order valence-electron chi connectivity index (χ2n) is 21.2. The Morgan fingerprint density at radius 2 is 1.22 bits per heavy atom. The Labute approximate surface area is 450 Å². The molecule has 0 aliphatic carbocycles. The predicted octanol–water partition coefficient (Wildman–Crippen LogP) is 8.13. The molecule has 2 aliphatic rings. The summed E-state index contributed by atoms with van der Waals surface area (Å²) < 4.78 is 62.4. The number of nitrogens with two attached hydrogens (primary N) is 1. The number of hydrogen-bond donors (Lipinski definition) is 6. The maximum absolute atomic E-state index is 13.6. The Balaban J connectivity index is 0.000000247. The molecule has 2 aromatic heterocycles. The number of aliphatic hydroxyl groups excluding tert-OH is 2. The standard InChI is InChI=1S/C29H33FN2O6.C27H37ClN2O7S/c1-17(33)15-37-23-10-7-19(13-24(23)36-4)22(34)11-12-29(3,35)25-14-21-27(38-16-28(21,2)31)26(32-25)18-5-8-20(30)9-6-18;1-16(31)14-36-20-9-8-17(12-21(20)35-7)19(32)10-11-27(6,33)22-13-18-23(24(28)29-22)37-15-26(18,5)30-38(34)25(2,3)4/h5-10,13-14,17,33,35H,11-12,15-16,31H2,1-4H3;8-9,12-13,16,30-31,33H,10-11,14-15H2,1-7H3/t17-,28?,29?;16-,26?,27?,38?/m11/s1. The Hall–Kier alpha value is -5.77. The van der Waals surface area contributed by atoms with Gasteiger partial charge in [0.15, 0.2) is 51.2 Å². The van der Waals surface area contributed by atoms with E-state index in [-0.39, 0.29) is 80.3 Å². The van der Waals surface area contributed by atoms with Gasteiger partial charge in [-0.05, 0) is 148 Å². The van der Waals surface area contributed by atoms with Gasteiger partial charge in [-0.1, -0.05) is 11.6 Å². The molecule has 0 amide bonds. The molecule has 0 fully saturated rings. The van der Waals surface area contributed by atoms with E-state index >= 15 is 0 Å². The monoisotopic (exact) mass is 1090 g/mol. The zero-order chi connectivity index (χ0) is 56.1. The van der Waals surface area contributed by atoms with Crippen molar-refractivity contribution in [1.82, 2.24) is 14.7 Å². The molecule has 4 heterocycles. The van der Waals surface area contributed by atoms with Crippen LogP contribution in [0.1, 0.15) is 131 Å². The molecule has 17 nitrogen and oxygen atoms in total. The molecule has 412 valence electrons. The van der Waals surface area contributed by atoms with E-state index in [0.717, 1.165) is 0 Å². The number of halogens is 2. The molecule has 20 heteroatoms. The molecule has 76 heavy (non-hydrogen) atoms. The summed E-state index contributed by atoms with van der Waals surface area (Å²) in [5, 5.41) is 41.8. The van der Waals surface area contributed by atoms with Crippen LogP contribution in [0.5, 0.6) is 34.5 Å². The van der Waals surface area contributed by atoms with Gasteiger partial charge in [0.25, 0.3) is 0 Å². The smallest absolute Gasteiger partial charge is 0.171 e. The van der Waals surface area contributed by atoms with Gasteiger partial charge in [0.05, 0.1) is 64.6 Å². The third-order valence-corrected chi connectivity index (χ3v) is 14.8. The van der Waals surface area contributed by atoms with E-state index < -0.39 is 50.2 Å². The number of pyridine rings is 2. The normalized spacial score (nSPS) is 19.4. The number of nitrogens with one attached hydrogen (secondary N) is 1. The first-order valence-corrected chi connectivity index (χ1v) is 26.3. The highest BCUT2D eigenvalue weighted by Crippen LogP contribution is 2.46. The second-order valence-corrected chi connectivity index (χ2v) is 23.5. The predicted molar refractivity (Wildman–Crippen MR) is 286 cm³/mol. The third-order valence-electron chi connectivity index (χ3n) is 12.8. The molecule has 0 spiro atoms. The minimum absolute atomic E-state index is 0.0282. The molecule has 5 aromatic rings. The molecule has 7 N–H and O–H groups in total. The lowest BCUT2D eigenvalue weighted by Crippen LogP contribution is -2.47. The minimum atomic E-state index is -1.48. The number of benzene rings is 3. The Bertz CT molecular complexity index is 2930. The van der Waals surface area contributed by atoms with E-state index in [4.69, 9.17) is 45.8 Å². The fraction of sp³-hybridized carbons (Fsp3) is 0.464. The number of nitrogens with zero attached hydrogens (tertiary/aromatic N) is 2. The Morgan fingerprint density at radius 3 is 1.70 bits per heavy atom. The molecule has 0 radical (unpaired) electrons. The molecule has 7 atom stereocenters. The summed E-state index contributed by atoms with van der Waals surface area (Å²) in [6.07, 6.45) is -1.07. The molecule has 5 unspecified atom stereocenters. The van der Waals surface area contributed by atoms with Gasteiger partial charge in [0.1, 0.15) is 49.1 Å². The number of aliphatic hydroxyl groups is 4. The van der Waals surface area contributed by atoms with Gasteiger partial charge in [-0.15, -0.1) is 0 Å². The van der Waals surface area contributed by atoms with Crippen molar-refractivity contribution in [2.75, 3.05) is 40.6 Å². The van der Waals surface area contributed by atoms with Crippen molar-refractivity contribution in [3.63, 3.8) is 0 Å². The van der Waals surface area contributed by atoms with Crippen LogP contribution in [0.15, 0.2) is 72.8 Å². The van der Waals surface area contributed by atoms with Gasteiger partial charge >= 0.3 is 0 Å². The Kier molecular flexibility index (Phi) is 18.7. The number of rotatable bonds is 21. The van der Waals surface area contributed by atoms with Crippen LogP contribution in [-0.4, -0.2) is 104 Å². The highest BCUT2D eigenvalue weighted by Gasteiger charge is 2.43. The number of carbonyl (C=O) groups is 2. The van der Waals surface area contributed by atoms with Crippen molar-refractivity contribution in [3.8, 4) is 45.8 Å². The third kappa shape index (κ3) is 14.2. The highest BCUT2D eigenvalue weighted by atomic mass is 35.5. The molecule has 3 aromatic carbocycles. The lowest BCUT2D eigenvalue weighted by Gasteiger charge is -2.30. The van der Waals surface area contributed by atoms with E-state index in [1.807, 2.05) is 34.6 Å². The van der Waals surface area contributed by atoms with E-state index in [9.17, 15) is 38.6 Å². The van der Waals surface area contributed by atoms with Crippen LogP contribution in [0.3, 0.4) is 0 Å². The van der Waals surface area contributed by atoms with Crippen LogP contribution in [0, 0.1) is 5.82 Å². The van der Waals surface area contributed by atoms with Crippen LogP contribution in [0.4, 0.5) is 4.39 Å². The van der Waals surface area contributed by atoms with E-state index in [1.165, 1.54) is 26.4 Å². The first-order chi connectivity index (χ1) is 35.5. The number of fused-ring (bicyclic) bond motifs is 2. The summed E-state index contributed by atoms with van der Waals surface area (Å²) in [6, 6.07) is 18.9. The average molecular weight is 1090 g/mol. The number of carbonyl (C=O) groups excluding carboxylic acids is 2. The number of Topliss-reactive ketones (excluding diaryl/α,β-unsaturated/α-hetero) is 2. The van der Waals surface area contributed by atoms with Crippen molar-refractivity contribution in [3.05, 3.63) is 117 Å². The molecule has 7 rings (SSSR count). The summed E-state index contributed by atoms with van der Waals surface area (Å²) in [4.78, 5) is 35.1. The summed E-state index contributed by atoms with van der Waals surface area (Å²) in [7, 11) is 1.56. The fourth-order valence-electron chi connectivity index (χ4n) is 8.14. The van der Waals surface area contributed by atoms with Crippen molar-refractivity contribution >= 4 is 34.2 Å². The van der Waals surface area contributed by atoms with Crippen molar-refractivity contribution < 1.29 is 67.0 Å². The Morgan fingerprint density at radius 1 is 0.750 bits per heavy atom. The maximum Gasteiger partial charge on any atom is 0.171 e. The zero-order valence-corrected chi connectivity index (χ0v) is 46.4. The summed E-state index contributed by atoms with van der Waals surface area (Å²) in [5.74, 6) is 1.68. The number of ketones is 2. The van der Waals surface area contributed by atoms with Crippen molar-refractivity contribution in [2.24, 2.45) is 5.73 Å². The van der Waals surface area contributed by atoms with Gasteiger partial charge in [0.2, 0.25) is 0 Å². The fourth-order valence-corrected chi connectivity index (χ4v) is 9.28. The van der Waals surface area contributed by atoms with Crippen molar-refractivity contribution in [1.29, 1.82) is 0 Å². The van der Waals surface area contributed by atoms with Crippen LogP contribution in [-0.2, 0) is 33.3 Å². The first kappa shape index (κ1) is 59.5. The average Bonchev–Trinajstić information content (AvgIpc) is 3.89. The van der Waals surface area contributed by atoms with E-state index in [1.54, 1.807) is 88.4 Å². The number of aromatic nitrogens is 2. The highest BCUT2D eigenvalue weighted by molar-refractivity contribution is 7.84. The lowest BCUT2D eigenvalue weighted by molar-refractivity contribution is 0.0395. The minimum Gasteiger partial charge on any atom is -0.493 e. The van der Waals surface area contributed by atoms with E-state index in [0.29, 0.717) is 73.7 Å². The van der Waals surface area contributed by atoms with Gasteiger partial charge in [-0.25, -0.2) is 23.3 Å².